The lowest BCUT2D eigenvalue weighted by Gasteiger charge is -2.33. The van der Waals surface area contributed by atoms with Crippen LogP contribution in [-0.4, -0.2) is 48.8 Å². The second-order valence-electron chi connectivity index (χ2n) is 6.02. The van der Waals surface area contributed by atoms with Gasteiger partial charge in [-0.3, -0.25) is 9.59 Å². The number of nitrogens with one attached hydrogen (secondary N) is 2. The summed E-state index contributed by atoms with van der Waals surface area (Å²) in [5, 5.41) is 13.1. The summed E-state index contributed by atoms with van der Waals surface area (Å²) < 4.78 is 10.4. The Labute approximate surface area is 138 Å². The zero-order valence-corrected chi connectivity index (χ0v) is 13.4. The number of H-pyrrole nitrogens is 1. The van der Waals surface area contributed by atoms with Gasteiger partial charge in [0.05, 0.1) is 12.5 Å². The van der Waals surface area contributed by atoms with Crippen molar-refractivity contribution in [2.75, 3.05) is 26.9 Å². The van der Waals surface area contributed by atoms with Crippen LogP contribution < -0.4 is 10.1 Å². The maximum Gasteiger partial charge on any atom is 0.311 e. The van der Waals surface area contributed by atoms with E-state index in [2.05, 4.69) is 10.3 Å². The van der Waals surface area contributed by atoms with Gasteiger partial charge in [-0.2, -0.15) is 0 Å². The maximum absolute atomic E-state index is 12.4. The van der Waals surface area contributed by atoms with Crippen molar-refractivity contribution in [2.45, 2.75) is 12.8 Å². The van der Waals surface area contributed by atoms with Crippen LogP contribution in [0.2, 0.25) is 0 Å². The average Bonchev–Trinajstić information content (AvgIpc) is 3.03. The molecule has 1 aromatic heterocycles. The Hall–Kier alpha value is -2.54. The van der Waals surface area contributed by atoms with Crippen LogP contribution in [0.15, 0.2) is 24.3 Å². The van der Waals surface area contributed by atoms with E-state index in [-0.39, 0.29) is 12.5 Å². The lowest BCUT2D eigenvalue weighted by molar-refractivity contribution is -0.154. The summed E-state index contributed by atoms with van der Waals surface area (Å²) in [5.41, 5.74) is 0.259. The zero-order valence-electron chi connectivity index (χ0n) is 13.4. The molecule has 1 aliphatic heterocycles. The number of aromatic nitrogens is 1. The van der Waals surface area contributed by atoms with Gasteiger partial charge in [-0.1, -0.05) is 0 Å². The minimum atomic E-state index is -0.955. The molecule has 0 atom stereocenters. The topological polar surface area (TPSA) is 101 Å². The largest absolute Gasteiger partial charge is 0.497 e. The summed E-state index contributed by atoms with van der Waals surface area (Å²) in [5.74, 6) is -0.509. The Kier molecular flexibility index (Phi) is 4.44. The maximum atomic E-state index is 12.4. The van der Waals surface area contributed by atoms with E-state index in [4.69, 9.17) is 9.47 Å². The van der Waals surface area contributed by atoms with Crippen molar-refractivity contribution in [3.05, 3.63) is 30.0 Å². The number of amides is 1. The van der Waals surface area contributed by atoms with Gasteiger partial charge in [-0.25, -0.2) is 0 Å². The number of hydrogen-bond acceptors (Lipinski definition) is 4. The predicted octanol–water partition coefficient (Wildman–Crippen LogP) is 1.79. The Bertz CT molecular complexity index is 761. The van der Waals surface area contributed by atoms with E-state index in [1.54, 1.807) is 13.2 Å². The van der Waals surface area contributed by atoms with Crippen LogP contribution in [0.3, 0.4) is 0 Å². The van der Waals surface area contributed by atoms with Gasteiger partial charge in [0.15, 0.2) is 0 Å². The quantitative estimate of drug-likeness (QED) is 0.775. The molecule has 1 saturated heterocycles. The number of rotatable bonds is 5. The van der Waals surface area contributed by atoms with E-state index >= 15 is 0 Å². The minimum absolute atomic E-state index is 0.0865. The Morgan fingerprint density at radius 2 is 2.08 bits per heavy atom. The monoisotopic (exact) mass is 332 g/mol. The average molecular weight is 332 g/mol. The molecule has 1 fully saturated rings. The summed E-state index contributed by atoms with van der Waals surface area (Å²) in [4.78, 5) is 27.0. The molecule has 1 amide bonds. The van der Waals surface area contributed by atoms with E-state index < -0.39 is 11.4 Å². The molecule has 2 heterocycles. The normalized spacial score (nSPS) is 16.7. The van der Waals surface area contributed by atoms with Gasteiger partial charge >= 0.3 is 5.97 Å². The third kappa shape index (κ3) is 3.07. The molecule has 7 nitrogen and oxygen atoms in total. The number of carboxylic acids is 1. The number of ether oxygens (including phenoxy) is 2. The van der Waals surface area contributed by atoms with E-state index in [0.29, 0.717) is 37.5 Å². The first-order chi connectivity index (χ1) is 11.5. The Balaban J connectivity index is 1.73. The number of carbonyl (C=O) groups is 2. The number of methoxy groups -OCH3 is 1. The molecule has 0 saturated carbocycles. The van der Waals surface area contributed by atoms with Crippen molar-refractivity contribution in [3.63, 3.8) is 0 Å². The zero-order chi connectivity index (χ0) is 17.2. The van der Waals surface area contributed by atoms with E-state index in [1.807, 2.05) is 18.2 Å². The lowest BCUT2D eigenvalue weighted by atomic mass is 9.80. The first-order valence-corrected chi connectivity index (χ1v) is 7.80. The Morgan fingerprint density at radius 3 is 2.75 bits per heavy atom. The van der Waals surface area contributed by atoms with Crippen LogP contribution >= 0.6 is 0 Å². The van der Waals surface area contributed by atoms with Crippen molar-refractivity contribution in [2.24, 2.45) is 5.41 Å². The highest BCUT2D eigenvalue weighted by atomic mass is 16.5. The first-order valence-electron chi connectivity index (χ1n) is 7.80. The molecule has 0 aliphatic carbocycles. The standard InChI is InChI=1S/C17H20N2O5/c1-23-12-2-3-13-11(8-12)9-14(19-13)15(20)18-10-17(16(21)22)4-6-24-7-5-17/h2-3,8-9,19H,4-7,10H2,1H3,(H,18,20)(H,21,22). The fourth-order valence-electron chi connectivity index (χ4n) is 2.93. The van der Waals surface area contributed by atoms with Gasteiger partial charge in [0.1, 0.15) is 11.4 Å². The van der Waals surface area contributed by atoms with Gasteiger partial charge in [0, 0.05) is 30.7 Å². The highest BCUT2D eigenvalue weighted by Crippen LogP contribution is 2.30. The van der Waals surface area contributed by atoms with Crippen molar-refractivity contribution in [3.8, 4) is 5.75 Å². The summed E-state index contributed by atoms with van der Waals surface area (Å²) >= 11 is 0. The first kappa shape index (κ1) is 16.3. The number of benzene rings is 1. The summed E-state index contributed by atoms with van der Waals surface area (Å²) in [7, 11) is 1.58. The van der Waals surface area contributed by atoms with E-state index in [1.165, 1.54) is 0 Å². The van der Waals surface area contributed by atoms with Crippen LogP contribution in [0.1, 0.15) is 23.3 Å². The SMILES string of the molecule is COc1ccc2[nH]c(C(=O)NCC3(C(=O)O)CCOCC3)cc2c1. The van der Waals surface area contributed by atoms with Gasteiger partial charge < -0.3 is 24.9 Å². The molecule has 1 aliphatic rings. The number of carbonyl (C=O) groups excluding carboxylic acids is 1. The third-order valence-electron chi connectivity index (χ3n) is 4.56. The van der Waals surface area contributed by atoms with Crippen molar-refractivity contribution < 1.29 is 24.2 Å². The number of aliphatic carboxylic acids is 1. The van der Waals surface area contributed by atoms with Gasteiger partial charge in [-0.15, -0.1) is 0 Å². The number of aromatic amines is 1. The fraction of sp³-hybridized carbons (Fsp3) is 0.412. The smallest absolute Gasteiger partial charge is 0.311 e. The van der Waals surface area contributed by atoms with Gasteiger partial charge in [-0.05, 0) is 37.1 Å². The van der Waals surface area contributed by atoms with Crippen LogP contribution in [0.5, 0.6) is 5.75 Å². The van der Waals surface area contributed by atoms with Crippen LogP contribution in [-0.2, 0) is 9.53 Å². The molecule has 1 aromatic carbocycles. The van der Waals surface area contributed by atoms with Crippen molar-refractivity contribution >= 4 is 22.8 Å². The molecular formula is C17H20N2O5. The molecule has 128 valence electrons. The molecule has 7 heteroatoms. The predicted molar refractivity (Wildman–Crippen MR) is 87.3 cm³/mol. The number of hydrogen-bond donors (Lipinski definition) is 3. The molecule has 0 radical (unpaired) electrons. The second kappa shape index (κ2) is 6.52. The molecule has 0 spiro atoms. The number of carboxylic acid groups (broad SMARTS) is 1. The highest BCUT2D eigenvalue weighted by Gasteiger charge is 2.40. The summed E-state index contributed by atoms with van der Waals surface area (Å²) in [6.45, 7) is 0.881. The van der Waals surface area contributed by atoms with E-state index in [0.717, 1.165) is 10.9 Å². The van der Waals surface area contributed by atoms with Crippen LogP contribution in [0.4, 0.5) is 0 Å². The van der Waals surface area contributed by atoms with Crippen molar-refractivity contribution in [1.82, 2.24) is 10.3 Å². The molecule has 0 bridgehead atoms. The van der Waals surface area contributed by atoms with Crippen LogP contribution in [0, 0.1) is 5.41 Å². The molecule has 3 rings (SSSR count). The summed E-state index contributed by atoms with van der Waals surface area (Å²) in [6, 6.07) is 7.20. The van der Waals surface area contributed by atoms with Crippen LogP contribution in [0.25, 0.3) is 10.9 Å². The molecule has 3 N–H and O–H groups in total. The van der Waals surface area contributed by atoms with Gasteiger partial charge in [0.25, 0.3) is 5.91 Å². The van der Waals surface area contributed by atoms with Crippen molar-refractivity contribution in [1.29, 1.82) is 0 Å². The summed E-state index contributed by atoms with van der Waals surface area (Å²) in [6.07, 6.45) is 0.791. The molecule has 0 unspecified atom stereocenters. The minimum Gasteiger partial charge on any atom is -0.497 e. The lowest BCUT2D eigenvalue weighted by Crippen LogP contribution is -2.46. The van der Waals surface area contributed by atoms with E-state index in [9.17, 15) is 14.7 Å². The molecule has 24 heavy (non-hydrogen) atoms. The Morgan fingerprint density at radius 1 is 1.33 bits per heavy atom. The molecular weight excluding hydrogens is 312 g/mol. The second-order valence-corrected chi connectivity index (χ2v) is 6.02. The fourth-order valence-corrected chi connectivity index (χ4v) is 2.93. The highest BCUT2D eigenvalue weighted by molar-refractivity contribution is 5.98. The van der Waals surface area contributed by atoms with Gasteiger partial charge in [0.2, 0.25) is 0 Å². The number of fused-ring (bicyclic) bond motifs is 1. The third-order valence-corrected chi connectivity index (χ3v) is 4.56. The molecule has 2 aromatic rings.